The maximum Gasteiger partial charge on any atom is 0.221 e. The topological polar surface area (TPSA) is 44.4 Å². The number of hydrogen-bond acceptors (Lipinski definition) is 3. The summed E-state index contributed by atoms with van der Waals surface area (Å²) in [6, 6.07) is 0.493. The smallest absolute Gasteiger partial charge is 0.221 e. The van der Waals surface area contributed by atoms with E-state index >= 15 is 0 Å². The van der Waals surface area contributed by atoms with E-state index in [0.717, 1.165) is 19.6 Å². The third-order valence-corrected chi connectivity index (χ3v) is 2.68. The predicted molar refractivity (Wildman–Crippen MR) is 66.4 cm³/mol. The maximum absolute atomic E-state index is 11.3. The fraction of sp³-hybridized carbons (Fsp3) is 0.917. The van der Waals surface area contributed by atoms with E-state index in [1.807, 2.05) is 0 Å². The number of amides is 1. The van der Waals surface area contributed by atoms with Crippen molar-refractivity contribution in [1.29, 1.82) is 0 Å². The van der Waals surface area contributed by atoms with Crippen molar-refractivity contribution in [3.63, 3.8) is 0 Å². The second-order valence-electron chi connectivity index (χ2n) is 4.85. The molecular weight excluding hydrogens is 202 g/mol. The molecule has 1 aliphatic rings. The summed E-state index contributed by atoms with van der Waals surface area (Å²) >= 11 is 0. The Bertz CT molecular complexity index is 202. The summed E-state index contributed by atoms with van der Waals surface area (Å²) < 4.78 is 0. The molecule has 0 unspecified atom stereocenters. The van der Waals surface area contributed by atoms with E-state index < -0.39 is 0 Å². The Labute approximate surface area is 98.8 Å². The average Bonchev–Trinajstić information content (AvgIpc) is 2.99. The third kappa shape index (κ3) is 7.65. The van der Waals surface area contributed by atoms with Crippen LogP contribution in [0.4, 0.5) is 0 Å². The molecule has 1 aliphatic carbocycles. The molecule has 0 atom stereocenters. The molecule has 0 bridgehead atoms. The molecule has 2 N–H and O–H groups in total. The Hall–Kier alpha value is -0.610. The molecule has 0 saturated heterocycles. The van der Waals surface area contributed by atoms with Crippen molar-refractivity contribution in [3.8, 4) is 0 Å². The summed E-state index contributed by atoms with van der Waals surface area (Å²) in [5.74, 6) is 0.197. The van der Waals surface area contributed by atoms with E-state index in [9.17, 15) is 4.79 Å². The van der Waals surface area contributed by atoms with Gasteiger partial charge in [0.2, 0.25) is 5.91 Å². The van der Waals surface area contributed by atoms with Gasteiger partial charge in [-0.05, 0) is 52.9 Å². The first-order valence-corrected chi connectivity index (χ1v) is 6.33. The standard InChI is InChI=1S/C12H25N3O/c1-15(2)10-4-3-8-13-9-7-12(16)14-11-5-6-11/h11,13H,3-10H2,1-2H3,(H,14,16). The molecule has 4 heteroatoms. The van der Waals surface area contributed by atoms with Crippen molar-refractivity contribution < 1.29 is 4.79 Å². The molecule has 0 aliphatic heterocycles. The Kier molecular flexibility index (Phi) is 6.42. The van der Waals surface area contributed by atoms with Gasteiger partial charge >= 0.3 is 0 Å². The molecule has 1 fully saturated rings. The highest BCUT2D eigenvalue weighted by Gasteiger charge is 2.22. The first-order chi connectivity index (χ1) is 7.68. The van der Waals surface area contributed by atoms with Gasteiger partial charge in [-0.1, -0.05) is 0 Å². The molecule has 1 rings (SSSR count). The van der Waals surface area contributed by atoms with Crippen molar-refractivity contribution >= 4 is 5.91 Å². The van der Waals surface area contributed by atoms with E-state index in [0.29, 0.717) is 12.5 Å². The van der Waals surface area contributed by atoms with Gasteiger partial charge in [0.1, 0.15) is 0 Å². The van der Waals surface area contributed by atoms with Crippen LogP contribution in [0.3, 0.4) is 0 Å². The number of hydrogen-bond donors (Lipinski definition) is 2. The van der Waals surface area contributed by atoms with Crippen LogP contribution in [0.5, 0.6) is 0 Å². The van der Waals surface area contributed by atoms with E-state index in [2.05, 4.69) is 29.6 Å². The van der Waals surface area contributed by atoms with E-state index in [1.54, 1.807) is 0 Å². The van der Waals surface area contributed by atoms with Crippen molar-refractivity contribution in [3.05, 3.63) is 0 Å². The number of nitrogens with zero attached hydrogens (tertiary/aromatic N) is 1. The molecule has 0 spiro atoms. The lowest BCUT2D eigenvalue weighted by atomic mass is 10.3. The minimum absolute atomic E-state index is 0.197. The third-order valence-electron chi connectivity index (χ3n) is 2.68. The molecule has 0 radical (unpaired) electrons. The van der Waals surface area contributed by atoms with Gasteiger partial charge in [-0.2, -0.15) is 0 Å². The van der Waals surface area contributed by atoms with Gasteiger partial charge in [-0.3, -0.25) is 4.79 Å². The summed E-state index contributed by atoms with van der Waals surface area (Å²) in [7, 11) is 4.19. The highest BCUT2D eigenvalue weighted by atomic mass is 16.1. The first kappa shape index (κ1) is 13.5. The van der Waals surface area contributed by atoms with Gasteiger partial charge in [-0.15, -0.1) is 0 Å². The van der Waals surface area contributed by atoms with E-state index in [1.165, 1.54) is 25.7 Å². The van der Waals surface area contributed by atoms with Crippen LogP contribution in [0.1, 0.15) is 32.1 Å². The zero-order chi connectivity index (χ0) is 11.8. The summed E-state index contributed by atoms with van der Waals surface area (Å²) in [6.45, 7) is 2.97. The Balaban J connectivity index is 1.78. The van der Waals surface area contributed by atoms with Crippen LogP contribution in [0.25, 0.3) is 0 Å². The summed E-state index contributed by atoms with van der Waals surface area (Å²) in [5.41, 5.74) is 0. The lowest BCUT2D eigenvalue weighted by Crippen LogP contribution is -2.29. The van der Waals surface area contributed by atoms with E-state index in [4.69, 9.17) is 0 Å². The van der Waals surface area contributed by atoms with Crippen LogP contribution in [-0.2, 0) is 4.79 Å². The van der Waals surface area contributed by atoms with Crippen LogP contribution in [-0.4, -0.2) is 50.6 Å². The van der Waals surface area contributed by atoms with Crippen LogP contribution in [0.2, 0.25) is 0 Å². The Morgan fingerprint density at radius 1 is 1.25 bits per heavy atom. The normalized spacial score (nSPS) is 15.4. The number of carbonyl (C=O) groups is 1. The molecule has 1 saturated carbocycles. The lowest BCUT2D eigenvalue weighted by molar-refractivity contribution is -0.121. The summed E-state index contributed by atoms with van der Waals surface area (Å²) in [5, 5.41) is 6.29. The molecule has 94 valence electrons. The monoisotopic (exact) mass is 227 g/mol. The summed E-state index contributed by atoms with van der Waals surface area (Å²) in [6.07, 6.45) is 5.36. The van der Waals surface area contributed by atoms with Crippen LogP contribution < -0.4 is 10.6 Å². The van der Waals surface area contributed by atoms with Crippen molar-refractivity contribution in [1.82, 2.24) is 15.5 Å². The van der Waals surface area contributed by atoms with Gasteiger partial charge in [0.05, 0.1) is 0 Å². The van der Waals surface area contributed by atoms with Gasteiger partial charge in [0.25, 0.3) is 0 Å². The largest absolute Gasteiger partial charge is 0.353 e. The van der Waals surface area contributed by atoms with Gasteiger partial charge in [-0.25, -0.2) is 0 Å². The van der Waals surface area contributed by atoms with Gasteiger partial charge in [0, 0.05) is 19.0 Å². The van der Waals surface area contributed by atoms with Crippen LogP contribution in [0, 0.1) is 0 Å². The maximum atomic E-state index is 11.3. The number of carbonyl (C=O) groups excluding carboxylic acids is 1. The van der Waals surface area contributed by atoms with Gasteiger partial charge in [0.15, 0.2) is 0 Å². The minimum Gasteiger partial charge on any atom is -0.353 e. The fourth-order valence-corrected chi connectivity index (χ4v) is 1.53. The fourth-order valence-electron chi connectivity index (χ4n) is 1.53. The molecule has 0 aromatic carbocycles. The van der Waals surface area contributed by atoms with Crippen molar-refractivity contribution in [2.45, 2.75) is 38.1 Å². The minimum atomic E-state index is 0.197. The van der Waals surface area contributed by atoms with Gasteiger partial charge < -0.3 is 15.5 Å². The van der Waals surface area contributed by atoms with Crippen molar-refractivity contribution in [2.24, 2.45) is 0 Å². The zero-order valence-electron chi connectivity index (χ0n) is 10.6. The van der Waals surface area contributed by atoms with Crippen LogP contribution in [0.15, 0.2) is 0 Å². The molecule has 1 amide bonds. The highest BCUT2D eigenvalue weighted by Crippen LogP contribution is 2.18. The molecular formula is C12H25N3O. The highest BCUT2D eigenvalue weighted by molar-refractivity contribution is 5.76. The molecule has 16 heavy (non-hydrogen) atoms. The molecule has 4 nitrogen and oxygen atoms in total. The quantitative estimate of drug-likeness (QED) is 0.567. The number of unbranched alkanes of at least 4 members (excludes halogenated alkanes) is 1. The van der Waals surface area contributed by atoms with Crippen molar-refractivity contribution in [2.75, 3.05) is 33.7 Å². The summed E-state index contributed by atoms with van der Waals surface area (Å²) in [4.78, 5) is 13.5. The SMILES string of the molecule is CN(C)CCCCNCCC(=O)NC1CC1. The number of nitrogens with one attached hydrogen (secondary N) is 2. The Morgan fingerprint density at radius 3 is 2.62 bits per heavy atom. The average molecular weight is 227 g/mol. The lowest BCUT2D eigenvalue weighted by Gasteiger charge is -2.09. The van der Waals surface area contributed by atoms with Crippen LogP contribution >= 0.6 is 0 Å². The predicted octanol–water partition coefficient (Wildman–Crippen LogP) is 0.587. The molecule has 0 aromatic rings. The second kappa shape index (κ2) is 7.63. The Morgan fingerprint density at radius 2 is 2.00 bits per heavy atom. The first-order valence-electron chi connectivity index (χ1n) is 6.33. The molecule has 0 aromatic heterocycles. The number of rotatable bonds is 9. The second-order valence-corrected chi connectivity index (χ2v) is 4.85. The molecule has 0 heterocycles. The zero-order valence-corrected chi connectivity index (χ0v) is 10.6. The van der Waals surface area contributed by atoms with E-state index in [-0.39, 0.29) is 5.91 Å².